The van der Waals surface area contributed by atoms with Crippen molar-refractivity contribution in [2.24, 2.45) is 5.41 Å². The summed E-state index contributed by atoms with van der Waals surface area (Å²) in [5.41, 5.74) is 2.25. The number of esters is 1. The molecule has 0 N–H and O–H groups in total. The molecule has 2 aliphatic rings. The maximum absolute atomic E-state index is 12.7. The van der Waals surface area contributed by atoms with Crippen molar-refractivity contribution >= 4 is 11.8 Å². The van der Waals surface area contributed by atoms with Crippen LogP contribution in [0.25, 0.3) is 0 Å². The fourth-order valence-corrected chi connectivity index (χ4v) is 5.98. The quantitative estimate of drug-likeness (QED) is 0.161. The van der Waals surface area contributed by atoms with Gasteiger partial charge in [-0.1, -0.05) is 116 Å². The molecular weight excluding hydrogens is 408 g/mol. The minimum atomic E-state index is -0.555. The number of hydrogen-bond donors (Lipinski definition) is 0. The Bertz CT molecular complexity index is 620. The predicted molar refractivity (Wildman–Crippen MR) is 138 cm³/mol. The van der Waals surface area contributed by atoms with Gasteiger partial charge in [0.1, 0.15) is 0 Å². The Balaban J connectivity index is 1.46. The number of rotatable bonds is 17. The summed E-state index contributed by atoms with van der Waals surface area (Å²) in [5, 5.41) is 0. The number of ketones is 1. The fourth-order valence-electron chi connectivity index (χ4n) is 5.98. The third-order valence-corrected chi connectivity index (χ3v) is 8.14. The van der Waals surface area contributed by atoms with Crippen LogP contribution in [0, 0.1) is 5.41 Å². The van der Waals surface area contributed by atoms with Crippen molar-refractivity contribution in [1.82, 2.24) is 0 Å². The van der Waals surface area contributed by atoms with Crippen LogP contribution >= 0.6 is 0 Å². The van der Waals surface area contributed by atoms with E-state index >= 15 is 0 Å². The van der Waals surface area contributed by atoms with Crippen molar-refractivity contribution in [1.29, 1.82) is 0 Å². The zero-order valence-electron chi connectivity index (χ0n) is 22.2. The third kappa shape index (κ3) is 9.95. The van der Waals surface area contributed by atoms with E-state index in [1.807, 2.05) is 6.92 Å². The van der Waals surface area contributed by atoms with Gasteiger partial charge in [0.05, 0.1) is 0 Å². The predicted octanol–water partition coefficient (Wildman–Crippen LogP) is 9.03. The molecule has 0 radical (unpaired) electrons. The van der Waals surface area contributed by atoms with Crippen molar-refractivity contribution in [2.75, 3.05) is 0 Å². The van der Waals surface area contributed by atoms with Gasteiger partial charge in [-0.25, -0.2) is 0 Å². The molecule has 33 heavy (non-hydrogen) atoms. The van der Waals surface area contributed by atoms with Crippen molar-refractivity contribution < 1.29 is 14.3 Å². The molecule has 0 aromatic carbocycles. The summed E-state index contributed by atoms with van der Waals surface area (Å²) in [6.07, 6.45) is 24.9. The molecule has 0 aliphatic heterocycles. The number of unbranched alkanes of at least 4 members (excludes halogenated alkanes) is 14. The van der Waals surface area contributed by atoms with E-state index < -0.39 is 6.10 Å². The minimum Gasteiger partial charge on any atom is -0.454 e. The van der Waals surface area contributed by atoms with Crippen molar-refractivity contribution in [2.45, 2.75) is 162 Å². The first kappa shape index (κ1) is 28.1. The van der Waals surface area contributed by atoms with E-state index in [1.165, 1.54) is 102 Å². The van der Waals surface area contributed by atoms with E-state index in [0.29, 0.717) is 12.8 Å². The van der Waals surface area contributed by atoms with Crippen LogP contribution < -0.4 is 0 Å². The lowest BCUT2D eigenvalue weighted by molar-refractivity contribution is -0.156. The van der Waals surface area contributed by atoms with E-state index in [4.69, 9.17) is 4.74 Å². The summed E-state index contributed by atoms with van der Waals surface area (Å²) >= 11 is 0. The normalized spacial score (nSPS) is 23.0. The highest BCUT2D eigenvalue weighted by molar-refractivity contribution is 6.01. The molecule has 1 saturated carbocycles. The molecule has 0 saturated heterocycles. The van der Waals surface area contributed by atoms with Crippen LogP contribution in [0.2, 0.25) is 0 Å². The molecule has 0 bridgehead atoms. The highest BCUT2D eigenvalue weighted by atomic mass is 16.5. The summed E-state index contributed by atoms with van der Waals surface area (Å²) in [5.74, 6) is -0.132. The SMILES string of the molecule is CCCCCCCCCCCCCCCCCC(=O)O[C@@H]1C[C@]2(C)CCCCC2=C(C)C1=O. The Morgan fingerprint density at radius 2 is 1.36 bits per heavy atom. The van der Waals surface area contributed by atoms with Crippen LogP contribution in [0.1, 0.15) is 156 Å². The number of allylic oxidation sites excluding steroid dienone is 1. The first-order chi connectivity index (χ1) is 16.0. The first-order valence-electron chi connectivity index (χ1n) is 14.4. The number of hydrogen-bond acceptors (Lipinski definition) is 3. The van der Waals surface area contributed by atoms with E-state index in [0.717, 1.165) is 31.3 Å². The second-order valence-corrected chi connectivity index (χ2v) is 11.1. The Morgan fingerprint density at radius 3 is 1.91 bits per heavy atom. The number of ether oxygens (including phenoxy) is 1. The van der Waals surface area contributed by atoms with Gasteiger partial charge in [0, 0.05) is 12.8 Å². The summed E-state index contributed by atoms with van der Waals surface area (Å²) in [7, 11) is 0. The zero-order valence-corrected chi connectivity index (χ0v) is 22.2. The highest BCUT2D eigenvalue weighted by Crippen LogP contribution is 2.49. The fraction of sp³-hybridized carbons (Fsp3) is 0.867. The van der Waals surface area contributed by atoms with Gasteiger partial charge < -0.3 is 4.74 Å². The second-order valence-electron chi connectivity index (χ2n) is 11.1. The highest BCUT2D eigenvalue weighted by Gasteiger charge is 2.44. The summed E-state index contributed by atoms with van der Waals surface area (Å²) in [6.45, 7) is 6.47. The lowest BCUT2D eigenvalue weighted by Gasteiger charge is -2.43. The molecule has 2 aliphatic carbocycles. The average molecular weight is 461 g/mol. The van der Waals surface area contributed by atoms with Crippen LogP contribution in [0.3, 0.4) is 0 Å². The molecule has 0 amide bonds. The van der Waals surface area contributed by atoms with Crippen molar-refractivity contribution in [3.05, 3.63) is 11.1 Å². The van der Waals surface area contributed by atoms with Gasteiger partial charge in [0.2, 0.25) is 0 Å². The van der Waals surface area contributed by atoms with Gasteiger partial charge in [-0.3, -0.25) is 9.59 Å². The van der Waals surface area contributed by atoms with E-state index in [-0.39, 0.29) is 17.2 Å². The topological polar surface area (TPSA) is 43.4 Å². The molecular formula is C30H52O3. The van der Waals surface area contributed by atoms with Crippen LogP contribution in [-0.4, -0.2) is 17.9 Å². The van der Waals surface area contributed by atoms with Gasteiger partial charge >= 0.3 is 5.97 Å². The molecule has 2 atom stereocenters. The molecule has 0 heterocycles. The van der Waals surface area contributed by atoms with Gasteiger partial charge in [-0.15, -0.1) is 0 Å². The largest absolute Gasteiger partial charge is 0.454 e. The number of Topliss-reactive ketones (excluding diaryl/α,β-unsaturated/α-hetero) is 1. The maximum Gasteiger partial charge on any atom is 0.306 e. The minimum absolute atomic E-state index is 0.0502. The monoisotopic (exact) mass is 460 g/mol. The molecule has 0 unspecified atom stereocenters. The van der Waals surface area contributed by atoms with Gasteiger partial charge in [-0.2, -0.15) is 0 Å². The molecule has 2 rings (SSSR count). The maximum atomic E-state index is 12.7. The smallest absolute Gasteiger partial charge is 0.306 e. The standard InChI is InChI=1S/C30H52O3/c1-4-5-6-7-8-9-10-11-12-13-14-15-16-17-18-22-28(31)33-27-24-30(3)23-20-19-21-26(30)25(2)29(27)32/h27H,4-24H2,1-3H3/t27-,30+/m1/s1. The molecule has 190 valence electrons. The van der Waals surface area contributed by atoms with E-state index in [9.17, 15) is 9.59 Å². The van der Waals surface area contributed by atoms with Crippen LogP contribution in [0.5, 0.6) is 0 Å². The van der Waals surface area contributed by atoms with Crippen LogP contribution in [-0.2, 0) is 14.3 Å². The molecule has 0 aromatic rings. The van der Waals surface area contributed by atoms with Gasteiger partial charge in [-0.05, 0) is 43.6 Å². The van der Waals surface area contributed by atoms with Gasteiger partial charge in [0.25, 0.3) is 0 Å². The second kappa shape index (κ2) is 15.7. The number of fused-ring (bicyclic) bond motifs is 1. The zero-order chi connectivity index (χ0) is 23.9. The van der Waals surface area contributed by atoms with Gasteiger partial charge in [0.15, 0.2) is 11.9 Å². The summed E-state index contributed by atoms with van der Waals surface area (Å²) in [4.78, 5) is 25.1. The van der Waals surface area contributed by atoms with Crippen molar-refractivity contribution in [3.8, 4) is 0 Å². The molecule has 0 spiro atoms. The molecule has 1 fully saturated rings. The average Bonchev–Trinajstić information content (AvgIpc) is 2.79. The summed E-state index contributed by atoms with van der Waals surface area (Å²) < 4.78 is 5.68. The number of carbonyl (C=O) groups excluding carboxylic acids is 2. The lowest BCUT2D eigenvalue weighted by Crippen LogP contribution is -2.41. The Kier molecular flexibility index (Phi) is 13.4. The molecule has 3 heteroatoms. The Morgan fingerprint density at radius 1 is 0.848 bits per heavy atom. The first-order valence-corrected chi connectivity index (χ1v) is 14.4. The molecule has 3 nitrogen and oxygen atoms in total. The number of carbonyl (C=O) groups is 2. The Labute approximate surface area is 204 Å². The molecule has 0 aromatic heterocycles. The van der Waals surface area contributed by atoms with Crippen LogP contribution in [0.15, 0.2) is 11.1 Å². The lowest BCUT2D eigenvalue weighted by atomic mass is 9.63. The third-order valence-electron chi connectivity index (χ3n) is 8.14. The summed E-state index contributed by atoms with van der Waals surface area (Å²) in [6, 6.07) is 0. The van der Waals surface area contributed by atoms with Crippen LogP contribution in [0.4, 0.5) is 0 Å². The van der Waals surface area contributed by atoms with Crippen molar-refractivity contribution in [3.63, 3.8) is 0 Å². The van der Waals surface area contributed by atoms with E-state index in [1.54, 1.807) is 0 Å². The van der Waals surface area contributed by atoms with E-state index in [2.05, 4.69) is 13.8 Å². The Hall–Kier alpha value is -1.12.